The minimum Gasteiger partial charge on any atom is -0.467 e. The maximum atomic E-state index is 13.0. The van der Waals surface area contributed by atoms with Gasteiger partial charge in [-0.15, -0.1) is 0 Å². The number of hydrogen-bond donors (Lipinski definition) is 3. The van der Waals surface area contributed by atoms with E-state index in [1.807, 2.05) is 0 Å². The quantitative estimate of drug-likeness (QED) is 0.111. The van der Waals surface area contributed by atoms with Crippen LogP contribution in [0.4, 0.5) is 27.2 Å². The Kier molecular flexibility index (Phi) is 14.8. The van der Waals surface area contributed by atoms with Crippen LogP contribution in [0.25, 0.3) is 0 Å². The van der Waals surface area contributed by atoms with E-state index in [0.29, 0.717) is 24.8 Å². The van der Waals surface area contributed by atoms with Crippen molar-refractivity contribution in [2.75, 3.05) is 33.3 Å². The second kappa shape index (κ2) is 18.2. The van der Waals surface area contributed by atoms with E-state index in [1.54, 1.807) is 12.1 Å². The maximum Gasteiger partial charge on any atom is 0.416 e. The third-order valence-electron chi connectivity index (χ3n) is 6.30. The molecule has 0 fully saturated rings. The normalized spacial score (nSPS) is 11.6. The van der Waals surface area contributed by atoms with Crippen molar-refractivity contribution in [2.24, 2.45) is 0 Å². The van der Waals surface area contributed by atoms with Crippen LogP contribution in [0.2, 0.25) is 0 Å². The fraction of sp³-hybridized carbons (Fsp3) is 0.414. The number of rotatable bonds is 16. The molecule has 0 aromatic heterocycles. The summed E-state index contributed by atoms with van der Waals surface area (Å²) in [6.07, 6.45) is -4.23. The summed E-state index contributed by atoms with van der Waals surface area (Å²) in [6, 6.07) is 8.72. The number of unbranched alkanes of at least 4 members (excludes halogenated alkanes) is 1. The molecule has 3 N–H and O–H groups in total. The SMILES string of the molecule is [B]C(=O)N(CC(=O)NCCCC[C@H](NC(=O)OCc1ccc(C(F)(F)F)cc1)C(=O)OC)CC(=O)NCCc1ccc(F)cc1. The summed E-state index contributed by atoms with van der Waals surface area (Å²) in [5.74, 6) is -3.22. The highest BCUT2D eigenvalue weighted by Gasteiger charge is 2.30. The van der Waals surface area contributed by atoms with Crippen molar-refractivity contribution in [3.8, 4) is 0 Å². The Morgan fingerprint density at radius 3 is 2.00 bits per heavy atom. The molecule has 0 unspecified atom stereocenters. The monoisotopic (exact) mass is 636 g/mol. The molecule has 0 heterocycles. The number of halogens is 4. The van der Waals surface area contributed by atoms with Crippen LogP contribution in [0, 0.1) is 5.82 Å². The second-order valence-electron chi connectivity index (χ2n) is 9.76. The smallest absolute Gasteiger partial charge is 0.416 e. The number of ether oxygens (including phenoxy) is 2. The Balaban J connectivity index is 1.69. The summed E-state index contributed by atoms with van der Waals surface area (Å²) in [5, 5.41) is 7.51. The Morgan fingerprint density at radius 1 is 0.867 bits per heavy atom. The Morgan fingerprint density at radius 2 is 1.44 bits per heavy atom. The first-order valence-electron chi connectivity index (χ1n) is 13.8. The van der Waals surface area contributed by atoms with E-state index in [9.17, 15) is 41.5 Å². The van der Waals surface area contributed by atoms with E-state index in [2.05, 4.69) is 20.7 Å². The molecule has 1 atom stereocenters. The molecule has 0 aliphatic rings. The van der Waals surface area contributed by atoms with E-state index in [-0.39, 0.29) is 31.9 Å². The van der Waals surface area contributed by atoms with Gasteiger partial charge in [-0.25, -0.2) is 14.0 Å². The zero-order chi connectivity index (χ0) is 33.4. The number of nitrogens with zero attached hydrogens (tertiary/aromatic N) is 1. The van der Waals surface area contributed by atoms with E-state index in [4.69, 9.17) is 12.6 Å². The molecule has 4 amide bonds. The number of carbonyl (C=O) groups excluding carboxylic acids is 5. The Bertz CT molecular complexity index is 1300. The lowest BCUT2D eigenvalue weighted by molar-refractivity contribution is -0.143. The van der Waals surface area contributed by atoms with Crippen LogP contribution in [0.15, 0.2) is 48.5 Å². The van der Waals surface area contributed by atoms with Gasteiger partial charge in [0.05, 0.1) is 25.8 Å². The van der Waals surface area contributed by atoms with E-state index in [1.165, 1.54) is 12.1 Å². The van der Waals surface area contributed by atoms with Crippen LogP contribution in [0.5, 0.6) is 0 Å². The molecule has 0 saturated carbocycles. The zero-order valence-corrected chi connectivity index (χ0v) is 24.5. The first-order chi connectivity index (χ1) is 21.3. The Hall–Kier alpha value is -4.63. The predicted octanol–water partition coefficient (Wildman–Crippen LogP) is 2.85. The van der Waals surface area contributed by atoms with E-state index >= 15 is 0 Å². The summed E-state index contributed by atoms with van der Waals surface area (Å²) >= 11 is 0. The minimum absolute atomic E-state index is 0.115. The number of alkyl halides is 3. The average molecular weight is 636 g/mol. The van der Waals surface area contributed by atoms with Gasteiger partial charge in [0.2, 0.25) is 19.7 Å². The zero-order valence-electron chi connectivity index (χ0n) is 24.5. The van der Waals surface area contributed by atoms with Crippen molar-refractivity contribution in [1.29, 1.82) is 0 Å². The third-order valence-corrected chi connectivity index (χ3v) is 6.30. The van der Waals surface area contributed by atoms with Crippen LogP contribution in [-0.2, 0) is 43.1 Å². The van der Waals surface area contributed by atoms with Gasteiger partial charge in [0.15, 0.2) is 5.81 Å². The van der Waals surface area contributed by atoms with Gasteiger partial charge in [-0.2, -0.15) is 13.2 Å². The van der Waals surface area contributed by atoms with Crippen LogP contribution >= 0.6 is 0 Å². The number of nitrogens with one attached hydrogen (secondary N) is 3. The molecule has 45 heavy (non-hydrogen) atoms. The molecule has 0 bridgehead atoms. The number of alkyl carbamates (subject to hydrolysis) is 1. The molecule has 11 nitrogen and oxygen atoms in total. The van der Waals surface area contributed by atoms with Gasteiger partial charge in [-0.1, -0.05) is 24.3 Å². The van der Waals surface area contributed by atoms with Gasteiger partial charge in [0.25, 0.3) is 0 Å². The first-order valence-corrected chi connectivity index (χ1v) is 13.8. The van der Waals surface area contributed by atoms with Crippen LogP contribution in [0.1, 0.15) is 36.0 Å². The Labute approximate surface area is 258 Å². The molecule has 2 rings (SSSR count). The van der Waals surface area contributed by atoms with Crippen molar-refractivity contribution < 1.29 is 51.0 Å². The van der Waals surface area contributed by atoms with Crippen LogP contribution < -0.4 is 16.0 Å². The van der Waals surface area contributed by atoms with Crippen LogP contribution in [0.3, 0.4) is 0 Å². The highest BCUT2D eigenvalue weighted by atomic mass is 19.4. The second-order valence-corrected chi connectivity index (χ2v) is 9.76. The van der Waals surface area contributed by atoms with Gasteiger partial charge >= 0.3 is 18.2 Å². The van der Waals surface area contributed by atoms with Crippen molar-refractivity contribution in [3.05, 3.63) is 71.0 Å². The van der Waals surface area contributed by atoms with Gasteiger partial charge < -0.3 is 30.3 Å². The lowest BCUT2D eigenvalue weighted by Crippen LogP contribution is -2.46. The summed E-state index contributed by atoms with van der Waals surface area (Å²) in [6.45, 7) is -0.890. The molecule has 0 spiro atoms. The van der Waals surface area contributed by atoms with Crippen molar-refractivity contribution >= 4 is 37.5 Å². The minimum atomic E-state index is -4.50. The number of esters is 1. The third kappa shape index (κ3) is 14.1. The fourth-order valence-electron chi connectivity index (χ4n) is 3.88. The van der Waals surface area contributed by atoms with Crippen molar-refractivity contribution in [1.82, 2.24) is 20.9 Å². The molecule has 0 saturated heterocycles. The molecule has 0 aliphatic carbocycles. The summed E-state index contributed by atoms with van der Waals surface area (Å²) in [5.41, 5.74) is 0.260. The lowest BCUT2D eigenvalue weighted by atomic mass is 10.1. The van der Waals surface area contributed by atoms with Gasteiger partial charge in [0.1, 0.15) is 18.5 Å². The summed E-state index contributed by atoms with van der Waals surface area (Å²) in [7, 11) is 6.42. The molecule has 0 aliphatic heterocycles. The average Bonchev–Trinajstić information content (AvgIpc) is 2.99. The first kappa shape index (κ1) is 36.6. The summed E-state index contributed by atoms with van der Waals surface area (Å²) in [4.78, 5) is 61.3. The summed E-state index contributed by atoms with van der Waals surface area (Å²) < 4.78 is 60.7. The van der Waals surface area contributed by atoms with Gasteiger partial charge in [-0.3, -0.25) is 14.4 Å². The number of carbonyl (C=O) groups is 5. The highest BCUT2D eigenvalue weighted by Crippen LogP contribution is 2.29. The maximum absolute atomic E-state index is 13.0. The number of methoxy groups -OCH3 is 1. The molecular formula is C29H33BF4N4O7. The highest BCUT2D eigenvalue weighted by molar-refractivity contribution is 6.57. The topological polar surface area (TPSA) is 143 Å². The van der Waals surface area contributed by atoms with Crippen molar-refractivity contribution in [2.45, 2.75) is 44.5 Å². The van der Waals surface area contributed by atoms with Gasteiger partial charge in [0, 0.05) is 13.1 Å². The molecule has 242 valence electrons. The standard InChI is InChI=1S/C29H33BF4N4O7/c1-44-26(41)23(37-28(43)45-18-20-5-9-21(10-6-20)29(32,33)34)4-2-3-14-35-24(39)16-38(27(30)42)17-25(40)36-15-13-19-7-11-22(31)12-8-19/h5-12,23H,2-4,13-18H2,1H3,(H,35,39)(H,36,40)(H,37,43)/t23-/m0/s1. The molecule has 16 heteroatoms. The number of hydrogen-bond acceptors (Lipinski definition) is 7. The van der Waals surface area contributed by atoms with E-state index in [0.717, 1.165) is 41.8 Å². The van der Waals surface area contributed by atoms with Crippen molar-refractivity contribution in [3.63, 3.8) is 0 Å². The van der Waals surface area contributed by atoms with E-state index < -0.39 is 60.6 Å². The van der Waals surface area contributed by atoms with Crippen LogP contribution in [-0.4, -0.2) is 81.8 Å². The molecule has 2 aromatic rings. The molecule has 2 aromatic carbocycles. The molecular weight excluding hydrogens is 603 g/mol. The number of amides is 4. The number of benzene rings is 2. The van der Waals surface area contributed by atoms with Gasteiger partial charge in [-0.05, 0) is 61.1 Å². The molecule has 2 radical (unpaired) electrons. The fourth-order valence-corrected chi connectivity index (χ4v) is 3.88. The predicted molar refractivity (Wildman–Crippen MR) is 153 cm³/mol. The largest absolute Gasteiger partial charge is 0.467 e. The lowest BCUT2D eigenvalue weighted by Gasteiger charge is -2.21.